The predicted molar refractivity (Wildman–Crippen MR) is 91.6 cm³/mol. The fraction of sp³-hybridized carbons (Fsp3) is 0.350. The van der Waals surface area contributed by atoms with E-state index in [4.69, 9.17) is 9.47 Å². The van der Waals surface area contributed by atoms with Crippen LogP contribution in [0.25, 0.3) is 0 Å². The highest BCUT2D eigenvalue weighted by Gasteiger charge is 2.31. The predicted octanol–water partition coefficient (Wildman–Crippen LogP) is 3.74. The Morgan fingerprint density at radius 1 is 1.04 bits per heavy atom. The summed E-state index contributed by atoms with van der Waals surface area (Å²) in [5.74, 6) is 1.68. The maximum absolute atomic E-state index is 12.9. The van der Waals surface area contributed by atoms with Crippen molar-refractivity contribution in [2.75, 3.05) is 19.8 Å². The van der Waals surface area contributed by atoms with E-state index in [1.54, 1.807) is 0 Å². The third-order valence-electron chi connectivity index (χ3n) is 4.76. The van der Waals surface area contributed by atoms with E-state index in [2.05, 4.69) is 6.07 Å². The molecule has 0 aromatic heterocycles. The molecule has 2 heterocycles. The molecule has 0 N–H and O–H groups in total. The molecule has 2 aromatic carbocycles. The normalized spacial score (nSPS) is 19.4. The average Bonchev–Trinajstić information content (AvgIpc) is 3.11. The van der Waals surface area contributed by atoms with Crippen molar-refractivity contribution in [2.45, 2.75) is 25.8 Å². The largest absolute Gasteiger partial charge is 0.486 e. The minimum Gasteiger partial charge on any atom is -0.486 e. The number of fused-ring (bicyclic) bond motifs is 1. The number of benzene rings is 2. The molecule has 0 aliphatic carbocycles. The summed E-state index contributed by atoms with van der Waals surface area (Å²) in [5.41, 5.74) is 3.04. The van der Waals surface area contributed by atoms with E-state index >= 15 is 0 Å². The van der Waals surface area contributed by atoms with Gasteiger partial charge in [-0.05, 0) is 49.6 Å². The second-order valence-electron chi connectivity index (χ2n) is 6.43. The van der Waals surface area contributed by atoms with Crippen LogP contribution in [-0.2, 0) is 0 Å². The summed E-state index contributed by atoms with van der Waals surface area (Å²) in [6.45, 7) is 3.99. The molecule has 2 aliphatic rings. The summed E-state index contributed by atoms with van der Waals surface area (Å²) < 4.78 is 11.3. The van der Waals surface area contributed by atoms with Gasteiger partial charge in [0.05, 0.1) is 6.04 Å². The molecular formula is C20H21NO3. The van der Waals surface area contributed by atoms with E-state index in [1.165, 1.54) is 0 Å². The third-order valence-corrected chi connectivity index (χ3v) is 4.76. The van der Waals surface area contributed by atoms with Crippen molar-refractivity contribution in [1.29, 1.82) is 0 Å². The van der Waals surface area contributed by atoms with Gasteiger partial charge in [-0.1, -0.05) is 23.8 Å². The van der Waals surface area contributed by atoms with Gasteiger partial charge in [-0.15, -0.1) is 0 Å². The fourth-order valence-electron chi connectivity index (χ4n) is 3.49. The van der Waals surface area contributed by atoms with Crippen LogP contribution in [-0.4, -0.2) is 30.6 Å². The highest BCUT2D eigenvalue weighted by molar-refractivity contribution is 5.94. The van der Waals surface area contributed by atoms with E-state index in [0.717, 1.165) is 47.6 Å². The zero-order valence-electron chi connectivity index (χ0n) is 13.8. The maximum atomic E-state index is 12.9. The van der Waals surface area contributed by atoms with Crippen LogP contribution >= 0.6 is 0 Å². The zero-order chi connectivity index (χ0) is 16.5. The maximum Gasteiger partial charge on any atom is 0.254 e. The van der Waals surface area contributed by atoms with Crippen molar-refractivity contribution >= 4 is 5.91 Å². The summed E-state index contributed by atoms with van der Waals surface area (Å²) in [6, 6.07) is 13.9. The molecule has 1 fully saturated rings. The Hall–Kier alpha value is -2.49. The molecule has 4 heteroatoms. The minimum atomic E-state index is 0.104. The average molecular weight is 323 g/mol. The highest BCUT2D eigenvalue weighted by atomic mass is 16.6. The van der Waals surface area contributed by atoms with Gasteiger partial charge in [0.1, 0.15) is 13.2 Å². The van der Waals surface area contributed by atoms with E-state index in [1.807, 2.05) is 48.2 Å². The Kier molecular flexibility index (Phi) is 3.89. The van der Waals surface area contributed by atoms with Crippen molar-refractivity contribution in [3.05, 3.63) is 59.2 Å². The first kappa shape index (κ1) is 15.1. The highest BCUT2D eigenvalue weighted by Crippen LogP contribution is 2.38. The van der Waals surface area contributed by atoms with Crippen LogP contribution < -0.4 is 9.47 Å². The quantitative estimate of drug-likeness (QED) is 0.845. The van der Waals surface area contributed by atoms with Crippen molar-refractivity contribution < 1.29 is 14.3 Å². The number of nitrogens with zero attached hydrogens (tertiary/aromatic N) is 1. The van der Waals surface area contributed by atoms with Gasteiger partial charge in [0.2, 0.25) is 0 Å². The van der Waals surface area contributed by atoms with E-state index in [-0.39, 0.29) is 11.9 Å². The van der Waals surface area contributed by atoms with Crippen LogP contribution in [0.2, 0.25) is 0 Å². The smallest absolute Gasteiger partial charge is 0.254 e. The van der Waals surface area contributed by atoms with Crippen LogP contribution in [0.4, 0.5) is 0 Å². The molecule has 4 rings (SSSR count). The van der Waals surface area contributed by atoms with Gasteiger partial charge >= 0.3 is 0 Å². The number of aryl methyl sites for hydroxylation is 1. The number of hydrogen-bond acceptors (Lipinski definition) is 3. The Morgan fingerprint density at radius 2 is 1.79 bits per heavy atom. The van der Waals surface area contributed by atoms with Gasteiger partial charge < -0.3 is 14.4 Å². The van der Waals surface area contributed by atoms with Crippen LogP contribution in [0.3, 0.4) is 0 Å². The van der Waals surface area contributed by atoms with Crippen molar-refractivity contribution in [3.8, 4) is 11.5 Å². The second-order valence-corrected chi connectivity index (χ2v) is 6.43. The topological polar surface area (TPSA) is 38.8 Å². The Labute approximate surface area is 142 Å². The molecule has 1 amide bonds. The number of carbonyl (C=O) groups is 1. The molecule has 1 saturated heterocycles. The first-order valence-corrected chi connectivity index (χ1v) is 8.49. The van der Waals surface area contributed by atoms with Gasteiger partial charge in [-0.25, -0.2) is 0 Å². The lowest BCUT2D eigenvalue weighted by molar-refractivity contribution is 0.0735. The molecule has 4 nitrogen and oxygen atoms in total. The van der Waals surface area contributed by atoms with Gasteiger partial charge in [-0.2, -0.15) is 0 Å². The Morgan fingerprint density at radius 3 is 2.58 bits per heavy atom. The monoisotopic (exact) mass is 323 g/mol. The zero-order valence-corrected chi connectivity index (χ0v) is 13.8. The molecule has 0 radical (unpaired) electrons. The van der Waals surface area contributed by atoms with Crippen molar-refractivity contribution in [1.82, 2.24) is 4.90 Å². The Bertz CT molecular complexity index is 754. The molecule has 0 spiro atoms. The molecule has 124 valence electrons. The Balaban J connectivity index is 1.60. The van der Waals surface area contributed by atoms with Gasteiger partial charge in [0.25, 0.3) is 5.91 Å². The molecular weight excluding hydrogens is 302 g/mol. The molecule has 1 atom stereocenters. The minimum absolute atomic E-state index is 0.104. The fourth-order valence-corrected chi connectivity index (χ4v) is 3.49. The first-order chi connectivity index (χ1) is 11.7. The number of likely N-dealkylation sites (tertiary alicyclic amines) is 1. The van der Waals surface area contributed by atoms with E-state index in [9.17, 15) is 4.79 Å². The van der Waals surface area contributed by atoms with E-state index < -0.39 is 0 Å². The lowest BCUT2D eigenvalue weighted by Gasteiger charge is -2.27. The number of ether oxygens (including phenoxy) is 2. The standard InChI is InChI=1S/C20H21NO3/c1-14-4-6-15(7-5-14)20(22)21-10-2-3-17(21)16-8-9-18-19(13-16)24-12-11-23-18/h4-9,13,17H,2-3,10-12H2,1H3. The number of rotatable bonds is 2. The number of carbonyl (C=O) groups excluding carboxylic acids is 1. The summed E-state index contributed by atoms with van der Waals surface area (Å²) in [7, 11) is 0. The van der Waals surface area contributed by atoms with Crippen LogP contribution in [0.1, 0.15) is 40.4 Å². The number of hydrogen-bond donors (Lipinski definition) is 0. The summed E-state index contributed by atoms with van der Waals surface area (Å²) in [6.07, 6.45) is 2.01. The van der Waals surface area contributed by atoms with Crippen LogP contribution in [0, 0.1) is 6.92 Å². The second kappa shape index (κ2) is 6.19. The first-order valence-electron chi connectivity index (χ1n) is 8.49. The molecule has 24 heavy (non-hydrogen) atoms. The summed E-state index contributed by atoms with van der Waals surface area (Å²) in [5, 5.41) is 0. The molecule has 0 bridgehead atoms. The lowest BCUT2D eigenvalue weighted by Crippen LogP contribution is -2.30. The lowest BCUT2D eigenvalue weighted by atomic mass is 10.0. The third kappa shape index (κ3) is 2.73. The molecule has 2 aliphatic heterocycles. The van der Waals surface area contributed by atoms with E-state index in [0.29, 0.717) is 13.2 Å². The molecule has 2 aromatic rings. The summed E-state index contributed by atoms with van der Waals surface area (Å²) in [4.78, 5) is 14.9. The van der Waals surface area contributed by atoms with Crippen molar-refractivity contribution in [2.24, 2.45) is 0 Å². The van der Waals surface area contributed by atoms with Crippen LogP contribution in [0.15, 0.2) is 42.5 Å². The SMILES string of the molecule is Cc1ccc(C(=O)N2CCCC2c2ccc3c(c2)OCCO3)cc1. The van der Waals surface area contributed by atoms with Crippen molar-refractivity contribution in [3.63, 3.8) is 0 Å². The van der Waals surface area contributed by atoms with Gasteiger partial charge in [0.15, 0.2) is 11.5 Å². The molecule has 1 unspecified atom stereocenters. The van der Waals surface area contributed by atoms with Gasteiger partial charge in [-0.3, -0.25) is 4.79 Å². The van der Waals surface area contributed by atoms with Gasteiger partial charge in [0, 0.05) is 12.1 Å². The van der Waals surface area contributed by atoms with Crippen LogP contribution in [0.5, 0.6) is 11.5 Å². The summed E-state index contributed by atoms with van der Waals surface area (Å²) >= 11 is 0. The number of amides is 1. The molecule has 0 saturated carbocycles.